The number of carbonyl (C=O) groups is 1. The minimum atomic E-state index is -0.115. The van der Waals surface area contributed by atoms with Crippen molar-refractivity contribution in [1.82, 2.24) is 19.2 Å². The molecule has 0 aliphatic carbocycles. The lowest BCUT2D eigenvalue weighted by atomic mass is 10.1. The normalized spacial score (nSPS) is 15.9. The zero-order chi connectivity index (χ0) is 20.1. The minimum Gasteiger partial charge on any atom is -0.308 e. The van der Waals surface area contributed by atoms with Crippen LogP contribution in [0.15, 0.2) is 58.5 Å². The molecule has 7 nitrogen and oxygen atoms in total. The number of amides is 1. The first-order valence-electron chi connectivity index (χ1n) is 9.42. The predicted molar refractivity (Wildman–Crippen MR) is 114 cm³/mol. The number of nitrogens with zero attached hydrogens (tertiary/aromatic N) is 5. The largest absolute Gasteiger partial charge is 0.308 e. The number of aromatic nitrogens is 4. The third-order valence-electron chi connectivity index (χ3n) is 5.40. The molecular weight excluding hydrogens is 386 g/mol. The molecule has 0 N–H and O–H groups in total. The fraction of sp³-hybridized carbons (Fsp3) is 0.238. The van der Waals surface area contributed by atoms with Crippen LogP contribution in [0.25, 0.3) is 16.7 Å². The maximum absolute atomic E-state index is 13.0. The molecule has 0 spiro atoms. The molecule has 0 unspecified atom stereocenters. The highest BCUT2D eigenvalue weighted by Gasteiger charge is 2.30. The molecule has 1 atom stereocenters. The summed E-state index contributed by atoms with van der Waals surface area (Å²) in [5.41, 5.74) is 2.82. The van der Waals surface area contributed by atoms with Crippen molar-refractivity contribution in [1.29, 1.82) is 0 Å². The number of hydrogen-bond donors (Lipinski definition) is 0. The first-order valence-corrected chi connectivity index (χ1v) is 10.4. The summed E-state index contributed by atoms with van der Waals surface area (Å²) in [5, 5.41) is 9.63. The second kappa shape index (κ2) is 6.73. The van der Waals surface area contributed by atoms with Crippen LogP contribution in [0.5, 0.6) is 0 Å². The minimum absolute atomic E-state index is 0.0401. The van der Waals surface area contributed by atoms with Gasteiger partial charge in [0, 0.05) is 18.8 Å². The van der Waals surface area contributed by atoms with E-state index in [9.17, 15) is 9.59 Å². The number of thioether (sulfide) groups is 1. The van der Waals surface area contributed by atoms with E-state index in [4.69, 9.17) is 0 Å². The molecule has 5 rings (SSSR count). The molecule has 1 aliphatic heterocycles. The van der Waals surface area contributed by atoms with Crippen LogP contribution in [0.4, 0.5) is 5.69 Å². The molecule has 0 saturated heterocycles. The van der Waals surface area contributed by atoms with Crippen LogP contribution >= 0.6 is 11.8 Å². The van der Waals surface area contributed by atoms with E-state index in [1.807, 2.05) is 45.7 Å². The molecule has 1 aliphatic rings. The van der Waals surface area contributed by atoms with Crippen molar-refractivity contribution >= 4 is 40.0 Å². The summed E-state index contributed by atoms with van der Waals surface area (Å²) in [6, 6.07) is 15.6. The third kappa shape index (κ3) is 2.74. The highest BCUT2D eigenvalue weighted by Crippen LogP contribution is 2.33. The van der Waals surface area contributed by atoms with Gasteiger partial charge in [-0.05, 0) is 37.1 Å². The SMILES string of the molecule is C[C@@H]1Cc2ccccc2N1C(=O)CSc1nnc2n(C)c(=O)c3ccccc3n12. The van der Waals surface area contributed by atoms with Crippen molar-refractivity contribution in [2.75, 3.05) is 10.7 Å². The average Bonchev–Trinajstić information content (AvgIpc) is 3.30. The highest BCUT2D eigenvalue weighted by atomic mass is 32.2. The van der Waals surface area contributed by atoms with E-state index in [1.54, 1.807) is 13.1 Å². The van der Waals surface area contributed by atoms with Crippen molar-refractivity contribution < 1.29 is 4.79 Å². The van der Waals surface area contributed by atoms with Crippen molar-refractivity contribution in [2.24, 2.45) is 7.05 Å². The third-order valence-corrected chi connectivity index (χ3v) is 6.31. The van der Waals surface area contributed by atoms with Crippen molar-refractivity contribution in [2.45, 2.75) is 24.5 Å². The van der Waals surface area contributed by atoms with Crippen LogP contribution in [0, 0.1) is 0 Å². The first kappa shape index (κ1) is 17.9. The number of benzene rings is 2. The Hall–Kier alpha value is -3.13. The summed E-state index contributed by atoms with van der Waals surface area (Å²) in [6.45, 7) is 2.07. The van der Waals surface area contributed by atoms with Crippen molar-refractivity contribution in [3.8, 4) is 0 Å². The molecule has 4 aromatic rings. The van der Waals surface area contributed by atoms with Crippen LogP contribution in [0.2, 0.25) is 0 Å². The standard InChI is InChI=1S/C21H19N5O2S/c1-13-11-14-7-3-5-9-16(14)25(13)18(27)12-29-21-23-22-20-24(2)19(28)15-8-4-6-10-17(15)26(20)21/h3-10,13H,11-12H2,1-2H3/t13-/m1/s1. The number of rotatable bonds is 3. The van der Waals surface area contributed by atoms with E-state index >= 15 is 0 Å². The maximum Gasteiger partial charge on any atom is 0.262 e. The van der Waals surface area contributed by atoms with Crippen LogP contribution in [0.3, 0.4) is 0 Å². The lowest BCUT2D eigenvalue weighted by Gasteiger charge is -2.22. The molecule has 0 bridgehead atoms. The molecular formula is C21H19N5O2S. The Morgan fingerprint density at radius 2 is 1.90 bits per heavy atom. The zero-order valence-electron chi connectivity index (χ0n) is 16.1. The molecule has 1 amide bonds. The van der Waals surface area contributed by atoms with Gasteiger partial charge in [0.25, 0.3) is 5.56 Å². The van der Waals surface area contributed by atoms with Crippen LogP contribution < -0.4 is 10.5 Å². The summed E-state index contributed by atoms with van der Waals surface area (Å²) in [5.74, 6) is 0.748. The Labute approximate surface area is 171 Å². The Kier molecular flexibility index (Phi) is 4.16. The second-order valence-corrected chi connectivity index (χ2v) is 8.18. The Morgan fingerprint density at radius 3 is 2.76 bits per heavy atom. The van der Waals surface area contributed by atoms with Crippen molar-refractivity contribution in [3.05, 3.63) is 64.4 Å². The monoisotopic (exact) mass is 405 g/mol. The number of fused-ring (bicyclic) bond motifs is 4. The van der Waals surface area contributed by atoms with Crippen LogP contribution in [-0.2, 0) is 18.3 Å². The topological polar surface area (TPSA) is 72.5 Å². The van der Waals surface area contributed by atoms with Gasteiger partial charge >= 0.3 is 0 Å². The zero-order valence-corrected chi connectivity index (χ0v) is 16.9. The number of para-hydroxylation sites is 2. The lowest BCUT2D eigenvalue weighted by molar-refractivity contribution is -0.116. The summed E-state index contributed by atoms with van der Waals surface area (Å²) in [4.78, 5) is 27.5. The van der Waals surface area contributed by atoms with Gasteiger partial charge in [0.1, 0.15) is 0 Å². The maximum atomic E-state index is 13.0. The lowest BCUT2D eigenvalue weighted by Crippen LogP contribution is -2.37. The van der Waals surface area contributed by atoms with Gasteiger partial charge in [-0.1, -0.05) is 42.1 Å². The van der Waals surface area contributed by atoms with Gasteiger partial charge in [0.15, 0.2) is 5.16 Å². The fourth-order valence-corrected chi connectivity index (χ4v) is 4.85. The molecule has 3 heterocycles. The number of carbonyl (C=O) groups excluding carboxylic acids is 1. The number of hydrogen-bond acceptors (Lipinski definition) is 5. The van der Waals surface area contributed by atoms with Gasteiger partial charge in [-0.25, -0.2) is 0 Å². The quantitative estimate of drug-likeness (QED) is 0.490. The highest BCUT2D eigenvalue weighted by molar-refractivity contribution is 7.99. The van der Waals surface area contributed by atoms with Gasteiger partial charge in [0.2, 0.25) is 11.7 Å². The van der Waals surface area contributed by atoms with Gasteiger partial charge in [-0.3, -0.25) is 18.6 Å². The van der Waals surface area contributed by atoms with Gasteiger partial charge in [-0.15, -0.1) is 10.2 Å². The molecule has 0 radical (unpaired) electrons. The second-order valence-electron chi connectivity index (χ2n) is 7.23. The smallest absolute Gasteiger partial charge is 0.262 e. The van der Waals surface area contributed by atoms with Crippen molar-refractivity contribution in [3.63, 3.8) is 0 Å². The number of aryl methyl sites for hydroxylation is 1. The summed E-state index contributed by atoms with van der Waals surface area (Å²) >= 11 is 1.34. The predicted octanol–water partition coefficient (Wildman–Crippen LogP) is 2.65. The molecule has 0 fully saturated rings. The van der Waals surface area contributed by atoms with Gasteiger partial charge < -0.3 is 4.90 Å². The van der Waals surface area contributed by atoms with Crippen LogP contribution in [-0.4, -0.2) is 36.9 Å². The number of anilines is 1. The van der Waals surface area contributed by atoms with E-state index in [1.165, 1.54) is 21.9 Å². The summed E-state index contributed by atoms with van der Waals surface area (Å²) in [7, 11) is 1.68. The molecule has 29 heavy (non-hydrogen) atoms. The van der Waals surface area contributed by atoms with E-state index in [2.05, 4.69) is 23.2 Å². The van der Waals surface area contributed by atoms with Gasteiger partial charge in [0.05, 0.1) is 16.7 Å². The fourth-order valence-electron chi connectivity index (χ4n) is 4.05. The Balaban J connectivity index is 1.49. The van der Waals surface area contributed by atoms with E-state index in [0.717, 1.165) is 17.6 Å². The summed E-state index contributed by atoms with van der Waals surface area (Å²) in [6.07, 6.45) is 0.868. The first-order chi connectivity index (χ1) is 14.1. The van der Waals surface area contributed by atoms with Gasteiger partial charge in [-0.2, -0.15) is 0 Å². The average molecular weight is 405 g/mol. The van der Waals surface area contributed by atoms with E-state index in [-0.39, 0.29) is 23.3 Å². The summed E-state index contributed by atoms with van der Waals surface area (Å²) < 4.78 is 3.33. The van der Waals surface area contributed by atoms with E-state index < -0.39 is 0 Å². The van der Waals surface area contributed by atoms with E-state index in [0.29, 0.717) is 16.3 Å². The molecule has 8 heteroatoms. The Morgan fingerprint density at radius 1 is 1.14 bits per heavy atom. The molecule has 146 valence electrons. The molecule has 0 saturated carbocycles. The molecule has 2 aromatic carbocycles. The Bertz CT molecular complexity index is 1330. The molecule has 2 aromatic heterocycles. The van der Waals surface area contributed by atoms with Crippen LogP contribution in [0.1, 0.15) is 12.5 Å².